The topological polar surface area (TPSA) is 27.7 Å². The van der Waals surface area contributed by atoms with Gasteiger partial charge in [0.15, 0.2) is 11.5 Å². The molecule has 1 saturated carbocycles. The van der Waals surface area contributed by atoms with Gasteiger partial charge < -0.3 is 14.2 Å². The molecule has 0 aromatic heterocycles. The Hall–Kier alpha value is -0.930. The first-order valence-electron chi connectivity index (χ1n) is 7.78. The van der Waals surface area contributed by atoms with E-state index in [1.807, 2.05) is 18.2 Å². The van der Waals surface area contributed by atoms with Crippen LogP contribution in [0.5, 0.6) is 11.5 Å². The molecule has 1 saturated heterocycles. The minimum atomic E-state index is 0.0697. The van der Waals surface area contributed by atoms with Crippen LogP contribution in [0, 0.1) is 0 Å². The number of hydrogen-bond donors (Lipinski definition) is 0. The molecule has 21 heavy (non-hydrogen) atoms. The summed E-state index contributed by atoms with van der Waals surface area (Å²) in [7, 11) is 1.67. The Kier molecular flexibility index (Phi) is 4.60. The smallest absolute Gasteiger partial charge is 0.161 e. The summed E-state index contributed by atoms with van der Waals surface area (Å²) >= 11 is 5.92. The molecule has 1 aliphatic heterocycles. The third-order valence-electron chi connectivity index (χ3n) is 4.64. The van der Waals surface area contributed by atoms with Crippen molar-refractivity contribution in [2.75, 3.05) is 13.7 Å². The second-order valence-corrected chi connectivity index (χ2v) is 6.36. The van der Waals surface area contributed by atoms with Crippen LogP contribution >= 0.6 is 11.6 Å². The summed E-state index contributed by atoms with van der Waals surface area (Å²) < 4.78 is 17.7. The number of methoxy groups -OCH3 is 1. The average Bonchev–Trinajstić information content (AvgIpc) is 2.95. The molecule has 116 valence electrons. The van der Waals surface area contributed by atoms with Gasteiger partial charge in [-0.25, -0.2) is 0 Å². The second-order valence-electron chi connectivity index (χ2n) is 6.09. The zero-order valence-electron chi connectivity index (χ0n) is 12.6. The fourth-order valence-electron chi connectivity index (χ4n) is 3.53. The van der Waals surface area contributed by atoms with Crippen LogP contribution in [0.2, 0.25) is 0 Å². The fourth-order valence-corrected chi connectivity index (χ4v) is 3.69. The van der Waals surface area contributed by atoms with E-state index >= 15 is 0 Å². The maximum absolute atomic E-state index is 6.24. The Morgan fingerprint density at radius 2 is 2.10 bits per heavy atom. The van der Waals surface area contributed by atoms with Crippen LogP contribution in [0.1, 0.15) is 44.1 Å². The Bertz CT molecular complexity index is 483. The molecule has 3 rings (SSSR count). The van der Waals surface area contributed by atoms with Crippen LogP contribution in [0.3, 0.4) is 0 Å². The van der Waals surface area contributed by atoms with Crippen molar-refractivity contribution in [2.45, 2.75) is 56.1 Å². The molecule has 1 heterocycles. The van der Waals surface area contributed by atoms with Crippen LogP contribution in [-0.2, 0) is 10.6 Å². The average molecular weight is 311 g/mol. The molecule has 1 aliphatic carbocycles. The second kappa shape index (κ2) is 6.45. The highest BCUT2D eigenvalue weighted by Crippen LogP contribution is 2.41. The Morgan fingerprint density at radius 3 is 2.81 bits per heavy atom. The maximum Gasteiger partial charge on any atom is 0.161 e. The van der Waals surface area contributed by atoms with Gasteiger partial charge in [0.25, 0.3) is 0 Å². The van der Waals surface area contributed by atoms with E-state index < -0.39 is 0 Å². The van der Waals surface area contributed by atoms with Gasteiger partial charge in [0.1, 0.15) is 6.10 Å². The SMILES string of the molecule is COc1ccc(CCl)cc1OC1CCOC2(CCCC2)C1. The maximum atomic E-state index is 6.24. The van der Waals surface area contributed by atoms with Crippen molar-refractivity contribution < 1.29 is 14.2 Å². The summed E-state index contributed by atoms with van der Waals surface area (Å²) in [5, 5.41) is 0. The molecule has 1 spiro atoms. The summed E-state index contributed by atoms with van der Waals surface area (Å²) in [5.41, 5.74) is 1.12. The molecule has 2 aliphatic rings. The molecule has 1 unspecified atom stereocenters. The van der Waals surface area contributed by atoms with Crippen LogP contribution in [-0.4, -0.2) is 25.4 Å². The van der Waals surface area contributed by atoms with Crippen molar-refractivity contribution in [3.63, 3.8) is 0 Å². The lowest BCUT2D eigenvalue weighted by molar-refractivity contribution is -0.108. The molecule has 0 bridgehead atoms. The van der Waals surface area contributed by atoms with E-state index in [-0.39, 0.29) is 11.7 Å². The largest absolute Gasteiger partial charge is 0.493 e. The number of rotatable bonds is 4. The summed E-state index contributed by atoms with van der Waals surface area (Å²) in [5.74, 6) is 2.06. The van der Waals surface area contributed by atoms with Gasteiger partial charge in [-0.3, -0.25) is 0 Å². The predicted molar refractivity (Wildman–Crippen MR) is 83.4 cm³/mol. The summed E-state index contributed by atoms with van der Waals surface area (Å²) in [6.45, 7) is 0.794. The van der Waals surface area contributed by atoms with Crippen molar-refractivity contribution in [1.82, 2.24) is 0 Å². The molecule has 1 atom stereocenters. The number of halogens is 1. The third kappa shape index (κ3) is 3.29. The van der Waals surface area contributed by atoms with Gasteiger partial charge in [-0.15, -0.1) is 11.6 Å². The van der Waals surface area contributed by atoms with Gasteiger partial charge in [0, 0.05) is 18.7 Å². The lowest BCUT2D eigenvalue weighted by Gasteiger charge is -2.38. The molecule has 4 heteroatoms. The van der Waals surface area contributed by atoms with E-state index in [2.05, 4.69) is 0 Å². The molecule has 0 N–H and O–H groups in total. The minimum Gasteiger partial charge on any atom is -0.493 e. The molecular weight excluding hydrogens is 288 g/mol. The van der Waals surface area contributed by atoms with Gasteiger partial charge in [-0.2, -0.15) is 0 Å². The summed E-state index contributed by atoms with van der Waals surface area (Å²) in [4.78, 5) is 0. The standard InChI is InChI=1S/C17H23ClO3/c1-19-15-5-4-13(12-18)10-16(15)21-14-6-9-20-17(11-14)7-2-3-8-17/h4-5,10,14H,2-3,6-9,11-12H2,1H3. The highest BCUT2D eigenvalue weighted by Gasteiger charge is 2.40. The van der Waals surface area contributed by atoms with Crippen LogP contribution < -0.4 is 9.47 Å². The Balaban J connectivity index is 1.73. The number of alkyl halides is 1. The van der Waals surface area contributed by atoms with Crippen molar-refractivity contribution in [3.8, 4) is 11.5 Å². The van der Waals surface area contributed by atoms with Crippen molar-refractivity contribution >= 4 is 11.6 Å². The lowest BCUT2D eigenvalue weighted by atomic mass is 9.90. The highest BCUT2D eigenvalue weighted by molar-refractivity contribution is 6.17. The molecular formula is C17H23ClO3. The van der Waals surface area contributed by atoms with Crippen LogP contribution in [0.25, 0.3) is 0 Å². The zero-order chi connectivity index (χ0) is 14.7. The van der Waals surface area contributed by atoms with E-state index in [1.54, 1.807) is 7.11 Å². The van der Waals surface area contributed by atoms with Crippen molar-refractivity contribution in [3.05, 3.63) is 23.8 Å². The molecule has 3 nitrogen and oxygen atoms in total. The Labute approximate surface area is 131 Å². The highest BCUT2D eigenvalue weighted by atomic mass is 35.5. The Morgan fingerprint density at radius 1 is 1.29 bits per heavy atom. The van der Waals surface area contributed by atoms with Gasteiger partial charge in [0.2, 0.25) is 0 Å². The van der Waals surface area contributed by atoms with Crippen molar-refractivity contribution in [2.24, 2.45) is 0 Å². The van der Waals surface area contributed by atoms with Gasteiger partial charge >= 0.3 is 0 Å². The minimum absolute atomic E-state index is 0.0697. The van der Waals surface area contributed by atoms with Crippen LogP contribution in [0.4, 0.5) is 0 Å². The van der Waals surface area contributed by atoms with E-state index in [9.17, 15) is 0 Å². The first-order valence-corrected chi connectivity index (χ1v) is 8.32. The molecule has 0 amide bonds. The summed E-state index contributed by atoms with van der Waals surface area (Å²) in [6, 6.07) is 5.89. The predicted octanol–water partition coefficient (Wildman–Crippen LogP) is 4.30. The molecule has 1 aromatic rings. The van der Waals surface area contributed by atoms with E-state index in [0.717, 1.165) is 36.5 Å². The molecule has 1 aromatic carbocycles. The number of hydrogen-bond acceptors (Lipinski definition) is 3. The first kappa shape index (κ1) is 15.0. The van der Waals surface area contributed by atoms with Crippen molar-refractivity contribution in [1.29, 1.82) is 0 Å². The zero-order valence-corrected chi connectivity index (χ0v) is 13.3. The van der Waals surface area contributed by atoms with Gasteiger partial charge in [-0.1, -0.05) is 18.9 Å². The first-order chi connectivity index (χ1) is 10.2. The van der Waals surface area contributed by atoms with Gasteiger partial charge in [0.05, 0.1) is 19.3 Å². The quantitative estimate of drug-likeness (QED) is 0.776. The monoisotopic (exact) mass is 310 g/mol. The van der Waals surface area contributed by atoms with E-state index in [4.69, 9.17) is 25.8 Å². The number of ether oxygens (including phenoxy) is 3. The third-order valence-corrected chi connectivity index (χ3v) is 4.95. The van der Waals surface area contributed by atoms with Crippen LogP contribution in [0.15, 0.2) is 18.2 Å². The number of benzene rings is 1. The fraction of sp³-hybridized carbons (Fsp3) is 0.647. The van der Waals surface area contributed by atoms with E-state index in [0.29, 0.717) is 5.88 Å². The normalized spacial score (nSPS) is 24.2. The summed E-state index contributed by atoms with van der Waals surface area (Å²) in [6.07, 6.45) is 7.03. The lowest BCUT2D eigenvalue weighted by Crippen LogP contribution is -2.41. The molecule has 2 fully saturated rings. The van der Waals surface area contributed by atoms with Gasteiger partial charge in [-0.05, 0) is 30.5 Å². The van der Waals surface area contributed by atoms with E-state index in [1.165, 1.54) is 25.7 Å². The molecule has 0 radical (unpaired) electrons.